The Balaban J connectivity index is 1.63. The maximum absolute atomic E-state index is 12.6. The van der Waals surface area contributed by atoms with Gasteiger partial charge in [-0.25, -0.2) is 9.50 Å². The molecule has 0 saturated carbocycles. The minimum absolute atomic E-state index is 0.0609. The minimum atomic E-state index is -0.517. The van der Waals surface area contributed by atoms with Crippen LogP contribution in [0.15, 0.2) is 61.1 Å². The van der Waals surface area contributed by atoms with Crippen LogP contribution >= 0.6 is 0 Å². The van der Waals surface area contributed by atoms with E-state index in [0.29, 0.717) is 17.0 Å². The summed E-state index contributed by atoms with van der Waals surface area (Å²) in [7, 11) is 0. The number of carbonyl (C=O) groups excluding carboxylic acids is 2. The molecular weight excluding hydrogens is 346 g/mol. The molecule has 9 heteroatoms. The van der Waals surface area contributed by atoms with E-state index in [0.717, 1.165) is 11.3 Å². The van der Waals surface area contributed by atoms with Crippen molar-refractivity contribution in [3.05, 3.63) is 66.6 Å². The first kappa shape index (κ1) is 16.5. The normalized spacial score (nSPS) is 10.8. The van der Waals surface area contributed by atoms with Gasteiger partial charge in [0, 0.05) is 24.0 Å². The van der Waals surface area contributed by atoms with Crippen LogP contribution in [0.25, 0.3) is 16.9 Å². The van der Waals surface area contributed by atoms with Crippen LogP contribution in [0.2, 0.25) is 0 Å². The summed E-state index contributed by atoms with van der Waals surface area (Å²) in [6, 6.07) is 13.1. The van der Waals surface area contributed by atoms with Crippen LogP contribution in [0.1, 0.15) is 10.4 Å². The molecule has 4 rings (SSSR count). The van der Waals surface area contributed by atoms with E-state index < -0.39 is 11.8 Å². The summed E-state index contributed by atoms with van der Waals surface area (Å²) in [6.07, 6.45) is 4.66. The highest BCUT2D eigenvalue weighted by Crippen LogP contribution is 2.21. The Morgan fingerprint density at radius 1 is 1.11 bits per heavy atom. The van der Waals surface area contributed by atoms with Crippen LogP contribution in [-0.4, -0.2) is 36.2 Å². The lowest BCUT2D eigenvalue weighted by Gasteiger charge is -2.05. The Labute approximate surface area is 153 Å². The minimum Gasteiger partial charge on any atom is -0.368 e. The molecule has 0 aliphatic carbocycles. The largest absolute Gasteiger partial charge is 0.368 e. The molecule has 0 bridgehead atoms. The lowest BCUT2D eigenvalue weighted by molar-refractivity contribution is -0.118. The molecule has 3 heterocycles. The van der Waals surface area contributed by atoms with Crippen molar-refractivity contribution in [2.24, 2.45) is 5.73 Å². The summed E-state index contributed by atoms with van der Waals surface area (Å²) in [6.45, 7) is -0.0609. The predicted molar refractivity (Wildman–Crippen MR) is 97.8 cm³/mol. The number of hydrogen-bond donors (Lipinski definition) is 2. The number of nitrogens with one attached hydrogen (secondary N) is 1. The Morgan fingerprint density at radius 3 is 2.70 bits per heavy atom. The molecule has 3 N–H and O–H groups in total. The smallest absolute Gasteiger partial charge is 0.262 e. The summed E-state index contributed by atoms with van der Waals surface area (Å²) in [5.41, 5.74) is 7.67. The second-order valence-corrected chi connectivity index (χ2v) is 5.81. The summed E-state index contributed by atoms with van der Waals surface area (Å²) >= 11 is 0. The molecule has 4 aromatic rings. The highest BCUT2D eigenvalue weighted by Gasteiger charge is 2.17. The Morgan fingerprint density at radius 2 is 1.93 bits per heavy atom. The van der Waals surface area contributed by atoms with Crippen LogP contribution in [0.5, 0.6) is 0 Å². The molecule has 0 unspecified atom stereocenters. The average Bonchev–Trinajstić information content (AvgIpc) is 3.28. The molecule has 9 nitrogen and oxygen atoms in total. The third-order valence-electron chi connectivity index (χ3n) is 3.92. The van der Waals surface area contributed by atoms with Gasteiger partial charge in [0.05, 0.1) is 11.9 Å². The summed E-state index contributed by atoms with van der Waals surface area (Å²) < 4.78 is 2.97. The molecule has 0 saturated heterocycles. The monoisotopic (exact) mass is 361 g/mol. The van der Waals surface area contributed by atoms with Crippen molar-refractivity contribution in [1.82, 2.24) is 24.4 Å². The first-order chi connectivity index (χ1) is 13.1. The highest BCUT2D eigenvalue weighted by molar-refractivity contribution is 6.07. The number of benzene rings is 1. The summed E-state index contributed by atoms with van der Waals surface area (Å²) in [5.74, 6) is -0.608. The van der Waals surface area contributed by atoms with E-state index in [1.54, 1.807) is 23.0 Å². The van der Waals surface area contributed by atoms with E-state index in [-0.39, 0.29) is 6.54 Å². The lowest BCUT2D eigenvalue weighted by Crippen LogP contribution is -2.19. The number of primary amides is 1. The van der Waals surface area contributed by atoms with Gasteiger partial charge in [-0.1, -0.05) is 30.3 Å². The maximum atomic E-state index is 12.6. The molecule has 0 radical (unpaired) electrons. The van der Waals surface area contributed by atoms with Crippen molar-refractivity contribution in [3.8, 4) is 11.3 Å². The number of nitrogens with two attached hydrogens (primary N) is 1. The molecule has 0 atom stereocenters. The number of carbonyl (C=O) groups is 2. The lowest BCUT2D eigenvalue weighted by atomic mass is 10.1. The van der Waals surface area contributed by atoms with E-state index in [2.05, 4.69) is 20.5 Å². The number of anilines is 1. The first-order valence-corrected chi connectivity index (χ1v) is 8.13. The Hall–Kier alpha value is -4.01. The maximum Gasteiger partial charge on any atom is 0.262 e. The van der Waals surface area contributed by atoms with Crippen LogP contribution in [0, 0.1) is 0 Å². The first-order valence-electron chi connectivity index (χ1n) is 8.13. The van der Waals surface area contributed by atoms with Crippen molar-refractivity contribution in [1.29, 1.82) is 0 Å². The van der Waals surface area contributed by atoms with Gasteiger partial charge >= 0.3 is 0 Å². The second-order valence-electron chi connectivity index (χ2n) is 5.81. The third kappa shape index (κ3) is 3.25. The van der Waals surface area contributed by atoms with E-state index in [1.165, 1.54) is 10.9 Å². The summed E-state index contributed by atoms with van der Waals surface area (Å²) in [4.78, 5) is 27.8. The Kier molecular flexibility index (Phi) is 4.09. The zero-order chi connectivity index (χ0) is 18.8. The molecule has 0 aliphatic heterocycles. The van der Waals surface area contributed by atoms with Crippen molar-refractivity contribution in [2.45, 2.75) is 6.54 Å². The molecule has 1 aromatic carbocycles. The topological polar surface area (TPSA) is 120 Å². The number of amides is 2. The van der Waals surface area contributed by atoms with Gasteiger partial charge in [0.1, 0.15) is 12.1 Å². The number of fused-ring (bicyclic) bond motifs is 1. The second kappa shape index (κ2) is 6.71. The number of aromatic nitrogens is 5. The fraction of sp³-hybridized carbons (Fsp3) is 0.0556. The fourth-order valence-electron chi connectivity index (χ4n) is 2.74. The van der Waals surface area contributed by atoms with Crippen LogP contribution in [-0.2, 0) is 11.3 Å². The van der Waals surface area contributed by atoms with Gasteiger partial charge in [0.25, 0.3) is 5.91 Å². The molecule has 3 aromatic heterocycles. The van der Waals surface area contributed by atoms with Gasteiger partial charge in [-0.3, -0.25) is 14.3 Å². The molecular formula is C18H15N7O2. The molecule has 0 fully saturated rings. The standard InChI is InChI=1S/C18H15N7O2/c19-15(26)11-24-9-7-16(23-24)22-18(27)13-10-21-25-14(6-8-20-17(13)25)12-4-2-1-3-5-12/h1-10H,11H2,(H2,19,26)(H,22,23,27). The average molecular weight is 361 g/mol. The molecule has 2 amide bonds. The zero-order valence-corrected chi connectivity index (χ0v) is 14.1. The van der Waals surface area contributed by atoms with Crippen molar-refractivity contribution in [3.63, 3.8) is 0 Å². The summed E-state index contributed by atoms with van der Waals surface area (Å²) in [5, 5.41) is 11.1. The van der Waals surface area contributed by atoms with Crippen molar-refractivity contribution >= 4 is 23.3 Å². The number of hydrogen-bond acceptors (Lipinski definition) is 5. The number of nitrogens with zero attached hydrogens (tertiary/aromatic N) is 5. The van der Waals surface area contributed by atoms with Gasteiger partial charge in [0.2, 0.25) is 5.91 Å². The predicted octanol–water partition coefficient (Wildman–Crippen LogP) is 1.33. The van der Waals surface area contributed by atoms with E-state index in [1.807, 2.05) is 36.4 Å². The molecule has 27 heavy (non-hydrogen) atoms. The zero-order valence-electron chi connectivity index (χ0n) is 14.1. The van der Waals surface area contributed by atoms with E-state index >= 15 is 0 Å². The Bertz CT molecular complexity index is 1130. The van der Waals surface area contributed by atoms with Gasteiger partial charge in [-0.15, -0.1) is 0 Å². The molecule has 0 spiro atoms. The highest BCUT2D eigenvalue weighted by atomic mass is 16.2. The number of rotatable bonds is 5. The molecule has 134 valence electrons. The quantitative estimate of drug-likeness (QED) is 0.556. The van der Waals surface area contributed by atoms with Gasteiger partial charge < -0.3 is 11.1 Å². The van der Waals surface area contributed by atoms with E-state index in [4.69, 9.17) is 5.73 Å². The SMILES string of the molecule is NC(=O)Cn1ccc(NC(=O)c2cnn3c(-c4ccccc4)ccnc23)n1. The fourth-order valence-corrected chi connectivity index (χ4v) is 2.74. The van der Waals surface area contributed by atoms with Crippen LogP contribution < -0.4 is 11.1 Å². The van der Waals surface area contributed by atoms with Gasteiger partial charge in [-0.05, 0) is 6.07 Å². The van der Waals surface area contributed by atoms with Crippen molar-refractivity contribution in [2.75, 3.05) is 5.32 Å². The van der Waals surface area contributed by atoms with Gasteiger partial charge in [-0.2, -0.15) is 10.2 Å². The van der Waals surface area contributed by atoms with Crippen LogP contribution in [0.4, 0.5) is 5.82 Å². The third-order valence-corrected chi connectivity index (χ3v) is 3.92. The van der Waals surface area contributed by atoms with E-state index in [9.17, 15) is 9.59 Å². The van der Waals surface area contributed by atoms with Crippen molar-refractivity contribution < 1.29 is 9.59 Å². The molecule has 0 aliphatic rings. The van der Waals surface area contributed by atoms with Crippen LogP contribution in [0.3, 0.4) is 0 Å². The van der Waals surface area contributed by atoms with Gasteiger partial charge in [0.15, 0.2) is 11.5 Å².